The van der Waals surface area contributed by atoms with Gasteiger partial charge in [-0.15, -0.1) is 0 Å². The Morgan fingerprint density at radius 1 is 1.35 bits per heavy atom. The maximum Gasteiger partial charge on any atom is 0.119 e. The van der Waals surface area contributed by atoms with Crippen molar-refractivity contribution in [3.63, 3.8) is 0 Å². The van der Waals surface area contributed by atoms with E-state index in [1.54, 1.807) is 7.11 Å². The third-order valence-electron chi connectivity index (χ3n) is 2.88. The number of aromatic nitrogens is 1. The number of ether oxygens (including phenoxy) is 1. The Kier molecular flexibility index (Phi) is 3.85. The summed E-state index contributed by atoms with van der Waals surface area (Å²) in [6.45, 7) is 2.17. The highest BCUT2D eigenvalue weighted by atomic mass is 35.5. The van der Waals surface area contributed by atoms with Gasteiger partial charge in [0.15, 0.2) is 0 Å². The molecule has 90 valence electrons. The molecule has 0 radical (unpaired) electrons. The number of pyridine rings is 1. The summed E-state index contributed by atoms with van der Waals surface area (Å²) in [5.41, 5.74) is 2.03. The zero-order chi connectivity index (χ0) is 12.3. The fraction of sp³-hybridized carbons (Fsp3) is 0.357. The first kappa shape index (κ1) is 12.2. The van der Waals surface area contributed by atoms with Crippen LogP contribution in [0, 0.1) is 0 Å². The van der Waals surface area contributed by atoms with Crippen molar-refractivity contribution in [2.75, 3.05) is 7.11 Å². The highest BCUT2D eigenvalue weighted by Crippen LogP contribution is 2.29. The van der Waals surface area contributed by atoms with Crippen LogP contribution in [0.3, 0.4) is 0 Å². The minimum atomic E-state index is 0.808. The van der Waals surface area contributed by atoms with Crippen LogP contribution in [0.1, 0.15) is 25.3 Å². The average molecular weight is 250 g/mol. The molecule has 0 saturated carbocycles. The Morgan fingerprint density at radius 2 is 2.18 bits per heavy atom. The number of hydrogen-bond acceptors (Lipinski definition) is 2. The van der Waals surface area contributed by atoms with Gasteiger partial charge in [0.05, 0.1) is 17.6 Å². The van der Waals surface area contributed by atoms with Crippen molar-refractivity contribution in [3.8, 4) is 5.75 Å². The van der Waals surface area contributed by atoms with Crippen molar-refractivity contribution >= 4 is 22.5 Å². The van der Waals surface area contributed by atoms with Gasteiger partial charge in [0.25, 0.3) is 0 Å². The third kappa shape index (κ3) is 2.52. The number of rotatable bonds is 4. The van der Waals surface area contributed by atoms with E-state index in [1.165, 1.54) is 0 Å². The lowest BCUT2D eigenvalue weighted by atomic mass is 10.1. The van der Waals surface area contributed by atoms with Crippen molar-refractivity contribution < 1.29 is 4.74 Å². The minimum absolute atomic E-state index is 0.808. The normalized spacial score (nSPS) is 10.8. The van der Waals surface area contributed by atoms with Crippen molar-refractivity contribution in [1.29, 1.82) is 0 Å². The second-order valence-corrected chi connectivity index (χ2v) is 4.46. The van der Waals surface area contributed by atoms with Crippen molar-refractivity contribution in [2.45, 2.75) is 26.2 Å². The van der Waals surface area contributed by atoms with Crippen LogP contribution in [0.4, 0.5) is 0 Å². The number of aryl methyl sites for hydroxylation is 1. The number of benzene rings is 1. The quantitative estimate of drug-likeness (QED) is 0.809. The molecule has 0 N–H and O–H groups in total. The molecule has 2 nitrogen and oxygen atoms in total. The number of fused-ring (bicyclic) bond motifs is 1. The molecule has 0 aliphatic rings. The molecule has 0 unspecified atom stereocenters. The van der Waals surface area contributed by atoms with Crippen LogP contribution in [-0.4, -0.2) is 12.1 Å². The van der Waals surface area contributed by atoms with Gasteiger partial charge in [0, 0.05) is 11.6 Å². The lowest BCUT2D eigenvalue weighted by Gasteiger charge is -2.08. The van der Waals surface area contributed by atoms with E-state index in [1.807, 2.05) is 24.4 Å². The van der Waals surface area contributed by atoms with E-state index < -0.39 is 0 Å². The van der Waals surface area contributed by atoms with Crippen LogP contribution in [0.25, 0.3) is 10.9 Å². The number of hydrogen-bond donors (Lipinski definition) is 0. The summed E-state index contributed by atoms with van der Waals surface area (Å²) in [5.74, 6) is 0.814. The SMILES string of the molecule is CCCCc1cnc2ccc(OC)cc2c1Cl. The predicted molar refractivity (Wildman–Crippen MR) is 71.9 cm³/mol. The molecular weight excluding hydrogens is 234 g/mol. The van der Waals surface area contributed by atoms with Gasteiger partial charge >= 0.3 is 0 Å². The zero-order valence-corrected chi connectivity index (χ0v) is 10.9. The van der Waals surface area contributed by atoms with Gasteiger partial charge in [-0.3, -0.25) is 4.98 Å². The van der Waals surface area contributed by atoms with Gasteiger partial charge in [-0.1, -0.05) is 24.9 Å². The summed E-state index contributed by atoms with van der Waals surface area (Å²) in [6.07, 6.45) is 5.16. The van der Waals surface area contributed by atoms with Gasteiger partial charge in [0.1, 0.15) is 5.75 Å². The molecule has 1 aromatic carbocycles. The zero-order valence-electron chi connectivity index (χ0n) is 10.2. The van der Waals surface area contributed by atoms with Crippen LogP contribution in [-0.2, 0) is 6.42 Å². The molecule has 0 fully saturated rings. The predicted octanol–water partition coefficient (Wildman–Crippen LogP) is 4.24. The topological polar surface area (TPSA) is 22.1 Å². The van der Waals surface area contributed by atoms with Crippen LogP contribution in [0.2, 0.25) is 5.02 Å². The highest BCUT2D eigenvalue weighted by molar-refractivity contribution is 6.36. The van der Waals surface area contributed by atoms with E-state index in [0.29, 0.717) is 0 Å². The first-order chi connectivity index (χ1) is 8.26. The molecular formula is C14H16ClNO. The number of halogens is 1. The third-order valence-corrected chi connectivity index (χ3v) is 3.33. The summed E-state index contributed by atoms with van der Waals surface area (Å²) >= 11 is 6.41. The molecule has 3 heteroatoms. The Balaban J connectivity index is 2.48. The van der Waals surface area contributed by atoms with E-state index in [-0.39, 0.29) is 0 Å². The van der Waals surface area contributed by atoms with Crippen molar-refractivity contribution in [3.05, 3.63) is 35.0 Å². The second-order valence-electron chi connectivity index (χ2n) is 4.08. The van der Waals surface area contributed by atoms with Gasteiger partial charge in [-0.05, 0) is 36.6 Å². The highest BCUT2D eigenvalue weighted by Gasteiger charge is 2.07. The minimum Gasteiger partial charge on any atom is -0.497 e. The van der Waals surface area contributed by atoms with Gasteiger partial charge < -0.3 is 4.74 Å². The Labute approximate surface area is 107 Å². The molecule has 0 aliphatic heterocycles. The average Bonchev–Trinajstić information content (AvgIpc) is 2.38. The standard InChI is InChI=1S/C14H16ClNO/c1-3-4-5-10-9-16-13-7-6-11(17-2)8-12(13)14(10)15/h6-9H,3-5H2,1-2H3. The first-order valence-corrected chi connectivity index (χ1v) is 6.25. The largest absolute Gasteiger partial charge is 0.497 e. The molecule has 0 amide bonds. The Morgan fingerprint density at radius 3 is 2.88 bits per heavy atom. The van der Waals surface area contributed by atoms with Gasteiger partial charge in [-0.2, -0.15) is 0 Å². The lowest BCUT2D eigenvalue weighted by Crippen LogP contribution is -1.91. The fourth-order valence-corrected chi connectivity index (χ4v) is 2.14. The van der Waals surface area contributed by atoms with Crippen LogP contribution in [0.5, 0.6) is 5.75 Å². The molecule has 1 heterocycles. The van der Waals surface area contributed by atoms with E-state index in [0.717, 1.165) is 46.5 Å². The van der Waals surface area contributed by atoms with E-state index in [4.69, 9.17) is 16.3 Å². The van der Waals surface area contributed by atoms with Crippen molar-refractivity contribution in [2.24, 2.45) is 0 Å². The Bertz CT molecular complexity index is 525. The summed E-state index contributed by atoms with van der Waals surface area (Å²) in [5, 5.41) is 1.78. The first-order valence-electron chi connectivity index (χ1n) is 5.87. The van der Waals surface area contributed by atoms with Crippen LogP contribution < -0.4 is 4.74 Å². The molecule has 0 saturated heterocycles. The number of nitrogens with zero attached hydrogens (tertiary/aromatic N) is 1. The maximum absolute atomic E-state index is 6.41. The maximum atomic E-state index is 6.41. The summed E-state index contributed by atoms with van der Waals surface area (Å²) in [7, 11) is 1.66. The van der Waals surface area contributed by atoms with E-state index in [2.05, 4.69) is 11.9 Å². The van der Waals surface area contributed by atoms with Gasteiger partial charge in [-0.25, -0.2) is 0 Å². The molecule has 2 rings (SSSR count). The number of unbranched alkanes of at least 4 members (excludes halogenated alkanes) is 1. The summed E-state index contributed by atoms with van der Waals surface area (Å²) in [6, 6.07) is 5.78. The molecule has 17 heavy (non-hydrogen) atoms. The monoisotopic (exact) mass is 249 g/mol. The summed E-state index contributed by atoms with van der Waals surface area (Å²) in [4.78, 5) is 4.43. The molecule has 0 atom stereocenters. The fourth-order valence-electron chi connectivity index (χ4n) is 1.85. The second kappa shape index (κ2) is 5.37. The number of methoxy groups -OCH3 is 1. The van der Waals surface area contributed by atoms with E-state index in [9.17, 15) is 0 Å². The summed E-state index contributed by atoms with van der Waals surface area (Å²) < 4.78 is 5.21. The van der Waals surface area contributed by atoms with Gasteiger partial charge in [0.2, 0.25) is 0 Å². The smallest absolute Gasteiger partial charge is 0.119 e. The molecule has 1 aromatic heterocycles. The molecule has 0 aliphatic carbocycles. The molecule has 0 bridgehead atoms. The molecule has 2 aromatic rings. The Hall–Kier alpha value is -1.28. The van der Waals surface area contributed by atoms with E-state index >= 15 is 0 Å². The van der Waals surface area contributed by atoms with Crippen LogP contribution in [0.15, 0.2) is 24.4 Å². The molecule has 0 spiro atoms. The van der Waals surface area contributed by atoms with Crippen molar-refractivity contribution in [1.82, 2.24) is 4.98 Å². The van der Waals surface area contributed by atoms with Crippen LogP contribution >= 0.6 is 11.6 Å². The lowest BCUT2D eigenvalue weighted by molar-refractivity contribution is 0.415.